The lowest BCUT2D eigenvalue weighted by Crippen LogP contribution is -2.40. The largest absolute Gasteiger partial charge is 0.480 e. The van der Waals surface area contributed by atoms with Gasteiger partial charge in [0.15, 0.2) is 0 Å². The Morgan fingerprint density at radius 1 is 1.31 bits per heavy atom. The number of nitrogens with zero attached hydrogens (tertiary/aromatic N) is 1. The summed E-state index contributed by atoms with van der Waals surface area (Å²) < 4.78 is 0. The van der Waals surface area contributed by atoms with Crippen LogP contribution in [0.5, 0.6) is 0 Å². The Balaban J connectivity index is 4.22. The topological polar surface area (TPSA) is 83.6 Å². The van der Waals surface area contributed by atoms with Crippen LogP contribution in [-0.2, 0) is 9.59 Å². The quantitative estimate of drug-likeness (QED) is 0.673. The van der Waals surface area contributed by atoms with Gasteiger partial charge in [-0.1, -0.05) is 6.92 Å². The summed E-state index contributed by atoms with van der Waals surface area (Å²) in [4.78, 5) is 23.7. The number of carboxylic acid groups (broad SMARTS) is 1. The zero-order valence-corrected chi connectivity index (χ0v) is 10.3. The molecule has 0 saturated heterocycles. The minimum absolute atomic E-state index is 0.0863. The molecule has 0 aliphatic carbocycles. The molecule has 0 rings (SSSR count). The Morgan fingerprint density at radius 3 is 2.25 bits per heavy atom. The van der Waals surface area contributed by atoms with Crippen molar-refractivity contribution < 1.29 is 14.7 Å². The highest BCUT2D eigenvalue weighted by atomic mass is 16.4. The summed E-state index contributed by atoms with van der Waals surface area (Å²) in [5.74, 6) is -0.797. The lowest BCUT2D eigenvalue weighted by atomic mass is 10.1. The average Bonchev–Trinajstić information content (AvgIpc) is 2.21. The van der Waals surface area contributed by atoms with Crippen LogP contribution in [0.3, 0.4) is 0 Å². The fourth-order valence-corrected chi connectivity index (χ4v) is 1.34. The van der Waals surface area contributed by atoms with Crippen molar-refractivity contribution in [3.8, 4) is 0 Å². The molecule has 1 amide bonds. The van der Waals surface area contributed by atoms with Crippen LogP contribution in [0.25, 0.3) is 0 Å². The van der Waals surface area contributed by atoms with Gasteiger partial charge < -0.3 is 15.7 Å². The van der Waals surface area contributed by atoms with Gasteiger partial charge in [-0.3, -0.25) is 9.59 Å². The zero-order valence-electron chi connectivity index (χ0n) is 10.3. The molecule has 5 nitrogen and oxygen atoms in total. The van der Waals surface area contributed by atoms with Gasteiger partial charge in [0.05, 0.1) is 0 Å². The number of aliphatic carboxylic acids is 1. The number of rotatable bonds is 7. The summed E-state index contributed by atoms with van der Waals surface area (Å²) in [6, 6.07) is -0.0863. The molecule has 0 radical (unpaired) electrons. The maximum atomic E-state index is 11.8. The molecule has 0 spiro atoms. The van der Waals surface area contributed by atoms with Crippen molar-refractivity contribution >= 4 is 11.9 Å². The molecule has 0 fully saturated rings. The molecule has 5 heteroatoms. The van der Waals surface area contributed by atoms with E-state index in [1.165, 1.54) is 4.90 Å². The number of amides is 1. The Hall–Kier alpha value is -1.10. The van der Waals surface area contributed by atoms with E-state index in [0.29, 0.717) is 25.3 Å². The molecule has 94 valence electrons. The molecule has 0 heterocycles. The Bertz CT molecular complexity index is 241. The Kier molecular flexibility index (Phi) is 6.72. The molecule has 0 aromatic heterocycles. The van der Waals surface area contributed by atoms with Crippen molar-refractivity contribution in [3.63, 3.8) is 0 Å². The van der Waals surface area contributed by atoms with E-state index >= 15 is 0 Å². The van der Waals surface area contributed by atoms with Crippen LogP contribution in [0.4, 0.5) is 0 Å². The highest BCUT2D eigenvalue weighted by Gasteiger charge is 2.19. The van der Waals surface area contributed by atoms with Crippen LogP contribution in [0.1, 0.15) is 33.6 Å². The van der Waals surface area contributed by atoms with Gasteiger partial charge in [0.25, 0.3) is 0 Å². The Morgan fingerprint density at radius 2 is 1.88 bits per heavy atom. The molecule has 0 bridgehead atoms. The maximum absolute atomic E-state index is 11.8. The van der Waals surface area contributed by atoms with Crippen molar-refractivity contribution in [1.82, 2.24) is 4.90 Å². The van der Waals surface area contributed by atoms with Gasteiger partial charge in [-0.05, 0) is 32.7 Å². The molecule has 3 N–H and O–H groups in total. The summed E-state index contributed by atoms with van der Waals surface area (Å²) in [5.41, 5.74) is 5.46. The van der Waals surface area contributed by atoms with Crippen molar-refractivity contribution in [3.05, 3.63) is 0 Å². The van der Waals surface area contributed by atoms with Crippen LogP contribution in [0.2, 0.25) is 0 Å². The molecular formula is C11H22N2O3. The van der Waals surface area contributed by atoms with Gasteiger partial charge in [-0.25, -0.2) is 0 Å². The minimum atomic E-state index is -0.978. The summed E-state index contributed by atoms with van der Waals surface area (Å²) in [5, 5.41) is 8.69. The van der Waals surface area contributed by atoms with E-state index in [4.69, 9.17) is 10.8 Å². The normalized spacial score (nSPS) is 12.6. The van der Waals surface area contributed by atoms with E-state index in [0.717, 1.165) is 0 Å². The van der Waals surface area contributed by atoms with Crippen LogP contribution in [-0.4, -0.2) is 41.0 Å². The van der Waals surface area contributed by atoms with E-state index in [1.54, 1.807) is 0 Å². The highest BCUT2D eigenvalue weighted by Crippen LogP contribution is 2.08. The number of carbonyl (C=O) groups excluding carboxylic acids is 1. The average molecular weight is 230 g/mol. The zero-order chi connectivity index (χ0) is 12.7. The SMILES string of the molecule is CC(CN)CCC(=O)N(CC(=O)O)C(C)C. The number of nitrogens with two attached hydrogens (primary N) is 1. The summed E-state index contributed by atoms with van der Waals surface area (Å²) in [6.07, 6.45) is 1.07. The number of hydrogen-bond acceptors (Lipinski definition) is 3. The van der Waals surface area contributed by atoms with Gasteiger partial charge in [-0.2, -0.15) is 0 Å². The summed E-state index contributed by atoms with van der Waals surface area (Å²) in [6.45, 7) is 5.92. The van der Waals surface area contributed by atoms with Crippen LogP contribution in [0.15, 0.2) is 0 Å². The first-order chi connectivity index (χ1) is 7.38. The van der Waals surface area contributed by atoms with E-state index in [9.17, 15) is 9.59 Å². The Labute approximate surface area is 96.6 Å². The maximum Gasteiger partial charge on any atom is 0.323 e. The lowest BCUT2D eigenvalue weighted by Gasteiger charge is -2.25. The number of hydrogen-bond donors (Lipinski definition) is 2. The van der Waals surface area contributed by atoms with Crippen LogP contribution in [0, 0.1) is 5.92 Å². The second-order valence-electron chi connectivity index (χ2n) is 4.39. The van der Waals surface area contributed by atoms with Crippen molar-refractivity contribution in [1.29, 1.82) is 0 Å². The van der Waals surface area contributed by atoms with Gasteiger partial charge in [0, 0.05) is 12.5 Å². The third-order valence-corrected chi connectivity index (χ3v) is 2.50. The highest BCUT2D eigenvalue weighted by molar-refractivity contribution is 5.81. The standard InChI is InChI=1S/C11H22N2O3/c1-8(2)13(7-11(15)16)10(14)5-4-9(3)6-12/h8-9H,4-7,12H2,1-3H3,(H,15,16). The predicted octanol–water partition coefficient (Wildman–Crippen LogP) is 0.683. The van der Waals surface area contributed by atoms with Gasteiger partial charge >= 0.3 is 5.97 Å². The molecule has 0 aliphatic rings. The van der Waals surface area contributed by atoms with Crippen LogP contribution >= 0.6 is 0 Å². The molecule has 0 aromatic carbocycles. The minimum Gasteiger partial charge on any atom is -0.480 e. The fraction of sp³-hybridized carbons (Fsp3) is 0.818. The molecule has 1 unspecified atom stereocenters. The molecule has 0 aliphatic heterocycles. The van der Waals surface area contributed by atoms with E-state index in [1.807, 2.05) is 20.8 Å². The van der Waals surface area contributed by atoms with Crippen molar-refractivity contribution in [2.24, 2.45) is 11.7 Å². The summed E-state index contributed by atoms with van der Waals surface area (Å²) >= 11 is 0. The van der Waals surface area contributed by atoms with Crippen molar-refractivity contribution in [2.75, 3.05) is 13.1 Å². The first-order valence-electron chi connectivity index (χ1n) is 5.59. The number of carboxylic acids is 1. The lowest BCUT2D eigenvalue weighted by molar-refractivity contribution is -0.145. The second-order valence-corrected chi connectivity index (χ2v) is 4.39. The van der Waals surface area contributed by atoms with Crippen LogP contribution < -0.4 is 5.73 Å². The third-order valence-electron chi connectivity index (χ3n) is 2.50. The monoisotopic (exact) mass is 230 g/mol. The molecule has 0 saturated carbocycles. The summed E-state index contributed by atoms with van der Waals surface area (Å²) in [7, 11) is 0. The first-order valence-corrected chi connectivity index (χ1v) is 5.59. The van der Waals surface area contributed by atoms with Gasteiger partial charge in [0.1, 0.15) is 6.54 Å². The van der Waals surface area contributed by atoms with Gasteiger partial charge in [-0.15, -0.1) is 0 Å². The van der Waals surface area contributed by atoms with E-state index in [2.05, 4.69) is 0 Å². The molecule has 0 aromatic rings. The molecule has 1 atom stereocenters. The third kappa shape index (κ3) is 5.70. The first kappa shape index (κ1) is 14.9. The fourth-order valence-electron chi connectivity index (χ4n) is 1.34. The molecular weight excluding hydrogens is 208 g/mol. The van der Waals surface area contributed by atoms with E-state index < -0.39 is 5.97 Å². The van der Waals surface area contributed by atoms with Crippen molar-refractivity contribution in [2.45, 2.75) is 39.7 Å². The van der Waals surface area contributed by atoms with Gasteiger partial charge in [0.2, 0.25) is 5.91 Å². The molecule has 16 heavy (non-hydrogen) atoms. The number of carbonyl (C=O) groups is 2. The smallest absolute Gasteiger partial charge is 0.323 e. The van der Waals surface area contributed by atoms with E-state index in [-0.39, 0.29) is 18.5 Å². The predicted molar refractivity (Wildman–Crippen MR) is 61.9 cm³/mol. The second kappa shape index (κ2) is 7.22.